The molecule has 0 atom stereocenters. The number of rotatable bonds is 7. The molecule has 0 aliphatic carbocycles. The summed E-state index contributed by atoms with van der Waals surface area (Å²) in [6.45, 7) is 13.5. The molecule has 3 aliphatic rings. The van der Waals surface area contributed by atoms with E-state index < -0.39 is 0 Å². The highest BCUT2D eigenvalue weighted by Gasteiger charge is 2.20. The third-order valence-corrected chi connectivity index (χ3v) is 8.55. The molecule has 3 saturated heterocycles. The fourth-order valence-corrected chi connectivity index (χ4v) is 5.31. The van der Waals surface area contributed by atoms with Crippen molar-refractivity contribution in [1.29, 1.82) is 0 Å². The van der Waals surface area contributed by atoms with Gasteiger partial charge in [-0.2, -0.15) is 0 Å². The van der Waals surface area contributed by atoms with E-state index in [1.54, 1.807) is 0 Å². The molecule has 0 unspecified atom stereocenters. The number of anilines is 2. The van der Waals surface area contributed by atoms with Gasteiger partial charge in [-0.1, -0.05) is 27.2 Å². The summed E-state index contributed by atoms with van der Waals surface area (Å²) in [6.07, 6.45) is 18.0. The van der Waals surface area contributed by atoms with Crippen LogP contribution in [0.5, 0.6) is 0 Å². The summed E-state index contributed by atoms with van der Waals surface area (Å²) in [5.41, 5.74) is 2.39. The number of hydrogen-bond donors (Lipinski definition) is 3. The standard InChI is InChI=1S/C13H21N3.C12H19N3O.C6H13NO/c1-3-11-5-7-16(8-6-11)13-14-9-12(4-2)10-15-13;1-2-10-7-13-12(14-8-10)15-5-3-11(9-16)4-6-15;8-5-6-1-3-7-4-2-6/h9-11H,3-8H2,1-2H3;7-8,11,16H,2-6,9H2,1H3;6-8H,1-5H2. The van der Waals surface area contributed by atoms with Crippen LogP contribution in [0.3, 0.4) is 0 Å². The molecule has 0 saturated carbocycles. The second kappa shape index (κ2) is 18.1. The Balaban J connectivity index is 0.000000175. The van der Waals surface area contributed by atoms with Gasteiger partial charge >= 0.3 is 0 Å². The highest BCUT2D eigenvalue weighted by atomic mass is 16.3. The molecule has 5 rings (SSSR count). The third-order valence-electron chi connectivity index (χ3n) is 8.55. The Hall–Kier alpha value is -2.36. The van der Waals surface area contributed by atoms with Gasteiger partial charge in [0.05, 0.1) is 0 Å². The molecule has 3 N–H and O–H groups in total. The molecular weight excluding hydrogens is 502 g/mol. The van der Waals surface area contributed by atoms with Crippen LogP contribution in [0.15, 0.2) is 24.8 Å². The van der Waals surface area contributed by atoms with Crippen LogP contribution in [0, 0.1) is 17.8 Å². The van der Waals surface area contributed by atoms with Crippen LogP contribution in [-0.2, 0) is 12.8 Å². The minimum Gasteiger partial charge on any atom is -0.396 e. The predicted octanol–water partition coefficient (Wildman–Crippen LogP) is 3.89. The molecule has 224 valence electrons. The van der Waals surface area contributed by atoms with E-state index >= 15 is 0 Å². The van der Waals surface area contributed by atoms with Gasteiger partial charge in [-0.25, -0.2) is 19.9 Å². The quantitative estimate of drug-likeness (QED) is 0.469. The van der Waals surface area contributed by atoms with Gasteiger partial charge in [-0.3, -0.25) is 0 Å². The minimum atomic E-state index is 0.309. The van der Waals surface area contributed by atoms with Crippen LogP contribution in [0.25, 0.3) is 0 Å². The first kappa shape index (κ1) is 32.2. The predicted molar refractivity (Wildman–Crippen MR) is 163 cm³/mol. The van der Waals surface area contributed by atoms with Gasteiger partial charge in [-0.05, 0) is 93.3 Å². The summed E-state index contributed by atoms with van der Waals surface area (Å²) in [5.74, 6) is 3.69. The topological polar surface area (TPSA) is 111 Å². The molecule has 2 aromatic rings. The van der Waals surface area contributed by atoms with Crippen molar-refractivity contribution in [2.75, 3.05) is 62.3 Å². The number of piperidine rings is 3. The monoisotopic (exact) mass is 555 g/mol. The third kappa shape index (κ3) is 10.6. The molecule has 0 radical (unpaired) electrons. The molecule has 0 spiro atoms. The Kier molecular flexibility index (Phi) is 14.6. The van der Waals surface area contributed by atoms with Crippen LogP contribution < -0.4 is 15.1 Å². The van der Waals surface area contributed by atoms with E-state index in [4.69, 9.17) is 10.2 Å². The maximum Gasteiger partial charge on any atom is 0.225 e. The van der Waals surface area contributed by atoms with Gasteiger partial charge in [0.1, 0.15) is 0 Å². The Morgan fingerprint density at radius 2 is 1.00 bits per heavy atom. The fraction of sp³-hybridized carbons (Fsp3) is 0.742. The van der Waals surface area contributed by atoms with E-state index in [0.29, 0.717) is 25.0 Å². The number of nitrogens with zero attached hydrogens (tertiary/aromatic N) is 6. The number of aryl methyl sites for hydroxylation is 2. The second-order valence-electron chi connectivity index (χ2n) is 11.3. The lowest BCUT2D eigenvalue weighted by Crippen LogP contribution is -2.35. The maximum atomic E-state index is 9.07. The lowest BCUT2D eigenvalue weighted by molar-refractivity contribution is 0.196. The molecule has 3 aliphatic heterocycles. The van der Waals surface area contributed by atoms with Gasteiger partial charge in [0.15, 0.2) is 0 Å². The van der Waals surface area contributed by atoms with E-state index in [2.05, 4.69) is 55.8 Å². The van der Waals surface area contributed by atoms with Crippen molar-refractivity contribution in [2.45, 2.75) is 78.6 Å². The molecule has 2 aromatic heterocycles. The Morgan fingerprint density at radius 1 is 0.625 bits per heavy atom. The summed E-state index contributed by atoms with van der Waals surface area (Å²) in [4.78, 5) is 22.1. The van der Waals surface area contributed by atoms with Crippen molar-refractivity contribution in [2.24, 2.45) is 17.8 Å². The van der Waals surface area contributed by atoms with Crippen molar-refractivity contribution >= 4 is 11.9 Å². The average molecular weight is 556 g/mol. The highest BCUT2D eigenvalue weighted by molar-refractivity contribution is 5.31. The number of aromatic nitrogens is 4. The SMILES string of the molecule is CCc1cnc(N2CCC(CC)CC2)nc1.CCc1cnc(N2CCC(CO)CC2)nc1.OCC1CCNCC1. The first-order valence-electron chi connectivity index (χ1n) is 15.6. The van der Waals surface area contributed by atoms with Crippen molar-refractivity contribution < 1.29 is 10.2 Å². The van der Waals surface area contributed by atoms with E-state index in [-0.39, 0.29) is 0 Å². The first-order chi connectivity index (χ1) is 19.6. The number of aliphatic hydroxyl groups excluding tert-OH is 2. The van der Waals surface area contributed by atoms with E-state index in [0.717, 1.165) is 95.6 Å². The molecule has 0 amide bonds. The Morgan fingerprint density at radius 3 is 1.32 bits per heavy atom. The lowest BCUT2D eigenvalue weighted by Gasteiger charge is -2.31. The van der Waals surface area contributed by atoms with Crippen molar-refractivity contribution in [3.63, 3.8) is 0 Å². The van der Waals surface area contributed by atoms with Crippen molar-refractivity contribution in [3.05, 3.63) is 35.9 Å². The first-order valence-corrected chi connectivity index (χ1v) is 15.6. The van der Waals surface area contributed by atoms with Gasteiger partial charge < -0.3 is 25.3 Å². The minimum absolute atomic E-state index is 0.309. The molecule has 40 heavy (non-hydrogen) atoms. The fourth-order valence-electron chi connectivity index (χ4n) is 5.31. The molecule has 9 nitrogen and oxygen atoms in total. The largest absolute Gasteiger partial charge is 0.396 e. The highest BCUT2D eigenvalue weighted by Crippen LogP contribution is 2.22. The normalized spacial score (nSPS) is 18.9. The van der Waals surface area contributed by atoms with Gasteiger partial charge in [0.25, 0.3) is 0 Å². The maximum absolute atomic E-state index is 9.07. The van der Waals surface area contributed by atoms with E-state index in [1.165, 1.54) is 30.4 Å². The number of hydrogen-bond acceptors (Lipinski definition) is 9. The summed E-state index contributed by atoms with van der Waals surface area (Å²) >= 11 is 0. The zero-order valence-electron chi connectivity index (χ0n) is 25.1. The summed E-state index contributed by atoms with van der Waals surface area (Å²) < 4.78 is 0. The smallest absolute Gasteiger partial charge is 0.225 e. The molecular formula is C31H53N7O2. The average Bonchev–Trinajstić information content (AvgIpc) is 3.06. The Bertz CT molecular complexity index is 839. The van der Waals surface area contributed by atoms with Crippen LogP contribution in [-0.4, -0.2) is 82.6 Å². The molecule has 5 heterocycles. The number of aliphatic hydroxyl groups is 2. The number of nitrogens with one attached hydrogen (secondary N) is 1. The van der Waals surface area contributed by atoms with Crippen LogP contribution >= 0.6 is 0 Å². The van der Waals surface area contributed by atoms with Gasteiger partial charge in [0.2, 0.25) is 11.9 Å². The second-order valence-corrected chi connectivity index (χ2v) is 11.3. The van der Waals surface area contributed by atoms with Gasteiger partial charge in [-0.15, -0.1) is 0 Å². The van der Waals surface area contributed by atoms with Crippen LogP contribution in [0.2, 0.25) is 0 Å². The van der Waals surface area contributed by atoms with E-state index in [1.807, 2.05) is 24.8 Å². The molecule has 0 aromatic carbocycles. The molecule has 9 heteroatoms. The van der Waals surface area contributed by atoms with Crippen LogP contribution in [0.4, 0.5) is 11.9 Å². The van der Waals surface area contributed by atoms with E-state index in [9.17, 15) is 0 Å². The molecule has 0 bridgehead atoms. The Labute approximate surface area is 241 Å². The molecule has 3 fully saturated rings. The lowest BCUT2D eigenvalue weighted by atomic mass is 9.95. The van der Waals surface area contributed by atoms with Crippen molar-refractivity contribution in [1.82, 2.24) is 25.3 Å². The van der Waals surface area contributed by atoms with Crippen LogP contribution in [0.1, 0.15) is 76.8 Å². The summed E-state index contributed by atoms with van der Waals surface area (Å²) in [5, 5.41) is 21.0. The zero-order valence-corrected chi connectivity index (χ0v) is 25.1. The zero-order chi connectivity index (χ0) is 28.6. The summed E-state index contributed by atoms with van der Waals surface area (Å²) in [7, 11) is 0. The van der Waals surface area contributed by atoms with Crippen molar-refractivity contribution in [3.8, 4) is 0 Å². The van der Waals surface area contributed by atoms with Gasteiger partial charge in [0, 0.05) is 64.2 Å². The summed E-state index contributed by atoms with van der Waals surface area (Å²) in [6, 6.07) is 0.